The van der Waals surface area contributed by atoms with E-state index >= 15 is 0 Å². The highest BCUT2D eigenvalue weighted by Gasteiger charge is 2.14. The van der Waals surface area contributed by atoms with Crippen LogP contribution in [0.4, 0.5) is 5.82 Å². The maximum Gasteiger partial charge on any atom is 0.251 e. The first-order chi connectivity index (χ1) is 14.3. The molecule has 0 saturated carbocycles. The molecule has 0 radical (unpaired) electrons. The Morgan fingerprint density at radius 1 is 0.897 bits per heavy atom. The van der Waals surface area contributed by atoms with E-state index in [-0.39, 0.29) is 5.91 Å². The first-order valence-electron chi connectivity index (χ1n) is 10.3. The van der Waals surface area contributed by atoms with E-state index in [2.05, 4.69) is 32.5 Å². The van der Waals surface area contributed by atoms with Crippen LogP contribution in [0.3, 0.4) is 0 Å². The zero-order valence-corrected chi connectivity index (χ0v) is 16.6. The maximum atomic E-state index is 12.4. The molecule has 1 amide bonds. The number of carbonyl (C=O) groups is 1. The lowest BCUT2D eigenvalue weighted by Gasteiger charge is -2.15. The highest BCUT2D eigenvalue weighted by molar-refractivity contribution is 5.94. The van der Waals surface area contributed by atoms with Gasteiger partial charge in [-0.05, 0) is 55.5 Å². The van der Waals surface area contributed by atoms with Gasteiger partial charge < -0.3 is 10.2 Å². The molecule has 148 valence electrons. The van der Waals surface area contributed by atoms with Crippen molar-refractivity contribution in [2.45, 2.75) is 25.7 Å². The summed E-state index contributed by atoms with van der Waals surface area (Å²) in [6.07, 6.45) is 4.33. The lowest BCUT2D eigenvalue weighted by atomic mass is 10.1. The Bertz CT molecular complexity index is 917. The van der Waals surface area contributed by atoms with Gasteiger partial charge in [-0.1, -0.05) is 42.5 Å². The summed E-state index contributed by atoms with van der Waals surface area (Å²) < 4.78 is 0. The van der Waals surface area contributed by atoms with E-state index in [4.69, 9.17) is 0 Å². The number of aromatic nitrogens is 2. The van der Waals surface area contributed by atoms with Gasteiger partial charge >= 0.3 is 0 Å². The van der Waals surface area contributed by atoms with E-state index in [1.54, 1.807) is 0 Å². The summed E-state index contributed by atoms with van der Waals surface area (Å²) in [7, 11) is 0. The standard InChI is InChI=1S/C24H26N4O/c29-24(25-16-6-9-19-7-2-1-3-8-19)21-12-10-20(11-13-21)22-14-15-23(27-26-22)28-17-4-5-18-28/h1-3,7-8,10-15H,4-6,9,16-18H2,(H,25,29). The number of hydrogen-bond donors (Lipinski definition) is 1. The number of benzene rings is 2. The lowest BCUT2D eigenvalue weighted by Crippen LogP contribution is -2.24. The molecule has 0 spiro atoms. The number of carbonyl (C=O) groups excluding carboxylic acids is 1. The Kier molecular flexibility index (Phi) is 6.15. The minimum absolute atomic E-state index is 0.0416. The molecule has 1 N–H and O–H groups in total. The van der Waals surface area contributed by atoms with Crippen molar-refractivity contribution in [3.05, 3.63) is 77.9 Å². The van der Waals surface area contributed by atoms with Crippen LogP contribution in [0.1, 0.15) is 35.2 Å². The predicted octanol–water partition coefficient (Wildman–Crippen LogP) is 4.11. The molecule has 5 nitrogen and oxygen atoms in total. The fraction of sp³-hybridized carbons (Fsp3) is 0.292. The van der Waals surface area contributed by atoms with E-state index in [1.165, 1.54) is 18.4 Å². The van der Waals surface area contributed by atoms with Crippen LogP contribution in [0.15, 0.2) is 66.7 Å². The summed E-state index contributed by atoms with van der Waals surface area (Å²) in [6, 6.07) is 21.9. The summed E-state index contributed by atoms with van der Waals surface area (Å²) in [5, 5.41) is 11.7. The number of nitrogens with one attached hydrogen (secondary N) is 1. The molecule has 2 aromatic carbocycles. The second-order valence-electron chi connectivity index (χ2n) is 7.39. The van der Waals surface area contributed by atoms with Crippen molar-refractivity contribution in [2.75, 3.05) is 24.5 Å². The number of amides is 1. The van der Waals surface area contributed by atoms with E-state index in [1.807, 2.05) is 54.6 Å². The van der Waals surface area contributed by atoms with Crippen molar-refractivity contribution in [3.8, 4) is 11.3 Å². The van der Waals surface area contributed by atoms with Gasteiger partial charge in [0.15, 0.2) is 5.82 Å². The molecule has 1 aliphatic heterocycles. The van der Waals surface area contributed by atoms with Crippen molar-refractivity contribution >= 4 is 11.7 Å². The Hall–Kier alpha value is -3.21. The number of rotatable bonds is 7. The fourth-order valence-corrected chi connectivity index (χ4v) is 3.63. The van der Waals surface area contributed by atoms with Crippen LogP contribution in [-0.2, 0) is 6.42 Å². The van der Waals surface area contributed by atoms with Crippen LogP contribution in [0.25, 0.3) is 11.3 Å². The van der Waals surface area contributed by atoms with E-state index in [0.717, 1.165) is 43.0 Å². The molecule has 0 bridgehead atoms. The maximum absolute atomic E-state index is 12.4. The van der Waals surface area contributed by atoms with Crippen molar-refractivity contribution in [2.24, 2.45) is 0 Å². The molecule has 1 saturated heterocycles. The third kappa shape index (κ3) is 4.99. The molecule has 0 atom stereocenters. The van der Waals surface area contributed by atoms with Gasteiger partial charge in [-0.2, -0.15) is 0 Å². The number of hydrogen-bond acceptors (Lipinski definition) is 4. The van der Waals surface area contributed by atoms with Crippen molar-refractivity contribution in [3.63, 3.8) is 0 Å². The van der Waals surface area contributed by atoms with Gasteiger partial charge in [-0.3, -0.25) is 4.79 Å². The lowest BCUT2D eigenvalue weighted by molar-refractivity contribution is 0.0953. The zero-order chi connectivity index (χ0) is 19.9. The van der Waals surface area contributed by atoms with Crippen LogP contribution in [-0.4, -0.2) is 35.7 Å². The Morgan fingerprint density at radius 3 is 2.34 bits per heavy atom. The van der Waals surface area contributed by atoms with Crippen LogP contribution in [0.2, 0.25) is 0 Å². The Balaban J connectivity index is 1.29. The minimum atomic E-state index is -0.0416. The van der Waals surface area contributed by atoms with Gasteiger partial charge in [0.2, 0.25) is 0 Å². The Morgan fingerprint density at radius 2 is 1.66 bits per heavy atom. The third-order valence-corrected chi connectivity index (χ3v) is 5.29. The number of aryl methyl sites for hydroxylation is 1. The van der Waals surface area contributed by atoms with Crippen LogP contribution >= 0.6 is 0 Å². The highest BCUT2D eigenvalue weighted by Crippen LogP contribution is 2.21. The smallest absolute Gasteiger partial charge is 0.251 e. The monoisotopic (exact) mass is 386 g/mol. The highest BCUT2D eigenvalue weighted by atomic mass is 16.1. The number of nitrogens with zero attached hydrogens (tertiary/aromatic N) is 3. The molecule has 1 aliphatic rings. The first-order valence-corrected chi connectivity index (χ1v) is 10.3. The predicted molar refractivity (Wildman–Crippen MR) is 116 cm³/mol. The SMILES string of the molecule is O=C(NCCCc1ccccc1)c1ccc(-c2ccc(N3CCCC3)nn2)cc1. The van der Waals surface area contributed by atoms with E-state index in [0.29, 0.717) is 12.1 Å². The van der Waals surface area contributed by atoms with Gasteiger partial charge in [0, 0.05) is 30.8 Å². The largest absolute Gasteiger partial charge is 0.355 e. The zero-order valence-electron chi connectivity index (χ0n) is 16.6. The third-order valence-electron chi connectivity index (χ3n) is 5.29. The molecule has 0 aliphatic carbocycles. The van der Waals surface area contributed by atoms with Gasteiger partial charge in [-0.25, -0.2) is 0 Å². The molecule has 3 aromatic rings. The van der Waals surface area contributed by atoms with Gasteiger partial charge in [0.25, 0.3) is 5.91 Å². The average Bonchev–Trinajstić information content (AvgIpc) is 3.33. The Labute approximate surface area is 171 Å². The molecular weight excluding hydrogens is 360 g/mol. The van der Waals surface area contributed by atoms with Gasteiger partial charge in [0.1, 0.15) is 0 Å². The van der Waals surface area contributed by atoms with Crippen LogP contribution in [0.5, 0.6) is 0 Å². The molecule has 1 aromatic heterocycles. The molecule has 2 heterocycles. The molecule has 29 heavy (non-hydrogen) atoms. The second kappa shape index (κ2) is 9.32. The minimum Gasteiger partial charge on any atom is -0.355 e. The normalized spacial score (nSPS) is 13.4. The van der Waals surface area contributed by atoms with Crippen LogP contribution < -0.4 is 10.2 Å². The van der Waals surface area contributed by atoms with E-state index in [9.17, 15) is 4.79 Å². The van der Waals surface area contributed by atoms with Crippen molar-refractivity contribution in [1.29, 1.82) is 0 Å². The van der Waals surface area contributed by atoms with E-state index < -0.39 is 0 Å². The molecular formula is C24H26N4O. The number of anilines is 1. The van der Waals surface area contributed by atoms with Gasteiger partial charge in [-0.15, -0.1) is 10.2 Å². The average molecular weight is 386 g/mol. The second-order valence-corrected chi connectivity index (χ2v) is 7.39. The molecule has 5 heteroatoms. The first kappa shape index (κ1) is 19.1. The quantitative estimate of drug-likeness (QED) is 0.621. The molecule has 1 fully saturated rings. The summed E-state index contributed by atoms with van der Waals surface area (Å²) in [5.41, 5.74) is 3.74. The van der Waals surface area contributed by atoms with Crippen LogP contribution in [0, 0.1) is 0 Å². The molecule has 4 rings (SSSR count). The fourth-order valence-electron chi connectivity index (χ4n) is 3.63. The summed E-state index contributed by atoms with van der Waals surface area (Å²) >= 11 is 0. The van der Waals surface area contributed by atoms with Crippen molar-refractivity contribution < 1.29 is 4.79 Å². The van der Waals surface area contributed by atoms with Crippen molar-refractivity contribution in [1.82, 2.24) is 15.5 Å². The summed E-state index contributed by atoms with van der Waals surface area (Å²) in [6.45, 7) is 2.78. The summed E-state index contributed by atoms with van der Waals surface area (Å²) in [5.74, 6) is 0.901. The molecule has 0 unspecified atom stereocenters. The summed E-state index contributed by atoms with van der Waals surface area (Å²) in [4.78, 5) is 14.6. The van der Waals surface area contributed by atoms with Gasteiger partial charge in [0.05, 0.1) is 5.69 Å². The topological polar surface area (TPSA) is 58.1 Å².